The van der Waals surface area contributed by atoms with Crippen molar-refractivity contribution < 1.29 is 0 Å². The minimum Gasteiger partial charge on any atom is -0.276 e. The summed E-state index contributed by atoms with van der Waals surface area (Å²) in [6.07, 6.45) is 0.910. The van der Waals surface area contributed by atoms with Gasteiger partial charge < -0.3 is 0 Å². The predicted octanol–water partition coefficient (Wildman–Crippen LogP) is 2.67. The molecule has 88 valence electrons. The molecule has 0 amide bonds. The van der Waals surface area contributed by atoms with Crippen molar-refractivity contribution >= 4 is 33.0 Å². The maximum Gasteiger partial charge on any atom is 0.237 e. The zero-order valence-corrected chi connectivity index (χ0v) is 10.5. The summed E-state index contributed by atoms with van der Waals surface area (Å²) in [5, 5.41) is 21.9. The van der Waals surface area contributed by atoms with E-state index in [1.165, 1.54) is 0 Å². The molecule has 2 aromatic rings. The smallest absolute Gasteiger partial charge is 0.237 e. The Hall–Kier alpha value is -2.44. The Bertz CT molecular complexity index is 671. The second-order valence-corrected chi connectivity index (χ2v) is 4.55. The van der Waals surface area contributed by atoms with Crippen LogP contribution in [0.3, 0.4) is 0 Å². The van der Waals surface area contributed by atoms with Gasteiger partial charge in [-0.3, -0.25) is 5.43 Å². The number of thiazole rings is 1. The maximum atomic E-state index is 8.56. The highest BCUT2D eigenvalue weighted by Gasteiger charge is 2.03. The van der Waals surface area contributed by atoms with Crippen LogP contribution in [-0.4, -0.2) is 10.7 Å². The van der Waals surface area contributed by atoms with Crippen LogP contribution in [-0.2, 0) is 6.42 Å². The molecule has 0 saturated heterocycles. The molecule has 1 aromatic carbocycles. The Morgan fingerprint density at radius 2 is 2.22 bits per heavy atom. The number of rotatable bonds is 3. The molecule has 0 spiro atoms. The summed E-state index contributed by atoms with van der Waals surface area (Å²) in [5.74, 6) is 0. The molecular formula is C12H9N5S. The van der Waals surface area contributed by atoms with E-state index in [1.54, 1.807) is 23.5 Å². The molecule has 0 saturated carbocycles. The third-order valence-electron chi connectivity index (χ3n) is 2.24. The van der Waals surface area contributed by atoms with Crippen molar-refractivity contribution in [1.29, 1.82) is 10.5 Å². The first-order valence-electron chi connectivity index (χ1n) is 5.30. The van der Waals surface area contributed by atoms with Gasteiger partial charge >= 0.3 is 0 Å². The van der Waals surface area contributed by atoms with E-state index in [0.717, 1.165) is 27.3 Å². The summed E-state index contributed by atoms with van der Waals surface area (Å²) >= 11 is 1.63. The highest BCUT2D eigenvalue weighted by Crippen LogP contribution is 2.25. The molecule has 0 aliphatic rings. The Morgan fingerprint density at radius 1 is 1.44 bits per heavy atom. The summed E-state index contributed by atoms with van der Waals surface area (Å²) in [5.41, 5.74) is 4.17. The summed E-state index contributed by atoms with van der Waals surface area (Å²) in [6, 6.07) is 8.99. The predicted molar refractivity (Wildman–Crippen MR) is 71.3 cm³/mol. The minimum absolute atomic E-state index is 0.200. The van der Waals surface area contributed by atoms with Crippen LogP contribution in [0.2, 0.25) is 0 Å². The van der Waals surface area contributed by atoms with Crippen molar-refractivity contribution in [2.24, 2.45) is 5.10 Å². The number of nitriles is 2. The number of hydrogen-bond donors (Lipinski definition) is 1. The maximum absolute atomic E-state index is 8.56. The third kappa shape index (κ3) is 2.45. The molecule has 5 nitrogen and oxygen atoms in total. The van der Waals surface area contributed by atoms with E-state index in [1.807, 2.05) is 18.2 Å². The van der Waals surface area contributed by atoms with Crippen molar-refractivity contribution in [3.8, 4) is 12.1 Å². The number of anilines is 1. The lowest BCUT2D eigenvalue weighted by molar-refractivity contribution is 1.11. The van der Waals surface area contributed by atoms with Crippen LogP contribution < -0.4 is 5.43 Å². The second kappa shape index (κ2) is 5.26. The third-order valence-corrected chi connectivity index (χ3v) is 3.41. The molecule has 0 aliphatic heterocycles. The van der Waals surface area contributed by atoms with Gasteiger partial charge in [0.15, 0.2) is 0 Å². The Kier molecular flexibility index (Phi) is 3.52. The number of hydrogen-bond acceptors (Lipinski definition) is 6. The molecule has 1 heterocycles. The number of hydrazone groups is 1. The fourth-order valence-corrected chi connectivity index (χ4v) is 2.33. The van der Waals surface area contributed by atoms with E-state index in [2.05, 4.69) is 22.4 Å². The fraction of sp³-hybridized carbons (Fsp3) is 0.167. The monoisotopic (exact) mass is 255 g/mol. The van der Waals surface area contributed by atoms with E-state index in [-0.39, 0.29) is 5.71 Å². The number of fused-ring (bicyclic) bond motifs is 1. The van der Waals surface area contributed by atoms with Gasteiger partial charge in [0, 0.05) is 0 Å². The molecule has 0 unspecified atom stereocenters. The van der Waals surface area contributed by atoms with Gasteiger partial charge in [0.2, 0.25) is 5.71 Å². The van der Waals surface area contributed by atoms with E-state index in [0.29, 0.717) is 0 Å². The molecule has 0 aliphatic carbocycles. The molecule has 0 atom stereocenters. The fourth-order valence-electron chi connectivity index (χ4n) is 1.39. The molecular weight excluding hydrogens is 246 g/mol. The quantitative estimate of drug-likeness (QED) is 0.675. The Morgan fingerprint density at radius 3 is 2.89 bits per heavy atom. The standard InChI is InChI=1S/C12H9N5S/c1-2-12-15-10-4-3-8(5-11(10)18-12)16-17-9(6-13)7-14/h3-5,16H,2H2,1H3. The second-order valence-electron chi connectivity index (χ2n) is 3.44. The SMILES string of the molecule is CCc1nc2ccc(NN=C(C#N)C#N)cc2s1. The lowest BCUT2D eigenvalue weighted by Gasteiger charge is -1.98. The average molecular weight is 255 g/mol. The van der Waals surface area contributed by atoms with Crippen LogP contribution in [0.15, 0.2) is 23.3 Å². The van der Waals surface area contributed by atoms with Crippen LogP contribution in [0.5, 0.6) is 0 Å². The van der Waals surface area contributed by atoms with Gasteiger partial charge in [0.25, 0.3) is 0 Å². The molecule has 2 rings (SSSR count). The first-order chi connectivity index (χ1) is 8.76. The Balaban J connectivity index is 2.28. The first-order valence-corrected chi connectivity index (χ1v) is 6.12. The number of aryl methyl sites for hydroxylation is 1. The lowest BCUT2D eigenvalue weighted by atomic mass is 10.3. The van der Waals surface area contributed by atoms with Gasteiger partial charge in [-0.15, -0.1) is 11.3 Å². The minimum atomic E-state index is -0.200. The van der Waals surface area contributed by atoms with Crippen molar-refractivity contribution in [3.63, 3.8) is 0 Å². The molecule has 6 heteroatoms. The van der Waals surface area contributed by atoms with Gasteiger partial charge in [0.1, 0.15) is 12.1 Å². The summed E-state index contributed by atoms with van der Waals surface area (Å²) in [6.45, 7) is 2.06. The molecule has 0 fully saturated rings. The van der Waals surface area contributed by atoms with E-state index in [4.69, 9.17) is 10.5 Å². The number of nitrogens with one attached hydrogen (secondary N) is 1. The number of nitrogens with zero attached hydrogens (tertiary/aromatic N) is 4. The van der Waals surface area contributed by atoms with Gasteiger partial charge in [0.05, 0.1) is 20.9 Å². The van der Waals surface area contributed by atoms with Gasteiger partial charge in [-0.1, -0.05) is 6.92 Å². The summed E-state index contributed by atoms with van der Waals surface area (Å²) in [7, 11) is 0. The van der Waals surface area contributed by atoms with Crippen LogP contribution in [0, 0.1) is 22.7 Å². The normalized spacial score (nSPS) is 9.50. The highest BCUT2D eigenvalue weighted by atomic mass is 32.1. The molecule has 0 bridgehead atoms. The van der Waals surface area contributed by atoms with Crippen LogP contribution >= 0.6 is 11.3 Å². The van der Waals surface area contributed by atoms with Crippen LogP contribution in [0.4, 0.5) is 5.69 Å². The summed E-state index contributed by atoms with van der Waals surface area (Å²) < 4.78 is 1.06. The van der Waals surface area contributed by atoms with Crippen molar-refractivity contribution in [2.45, 2.75) is 13.3 Å². The van der Waals surface area contributed by atoms with Gasteiger partial charge in [-0.2, -0.15) is 15.6 Å². The number of aromatic nitrogens is 1. The highest BCUT2D eigenvalue weighted by molar-refractivity contribution is 7.18. The lowest BCUT2D eigenvalue weighted by Crippen LogP contribution is -1.95. The molecule has 1 aromatic heterocycles. The molecule has 18 heavy (non-hydrogen) atoms. The topological polar surface area (TPSA) is 84.9 Å². The van der Waals surface area contributed by atoms with Crippen molar-refractivity contribution in [3.05, 3.63) is 23.2 Å². The Labute approximate surface area is 108 Å². The number of benzene rings is 1. The van der Waals surface area contributed by atoms with Gasteiger partial charge in [-0.05, 0) is 24.6 Å². The van der Waals surface area contributed by atoms with Crippen LogP contribution in [0.25, 0.3) is 10.2 Å². The molecule has 0 radical (unpaired) electrons. The van der Waals surface area contributed by atoms with Crippen molar-refractivity contribution in [2.75, 3.05) is 5.43 Å². The van der Waals surface area contributed by atoms with E-state index >= 15 is 0 Å². The van der Waals surface area contributed by atoms with E-state index < -0.39 is 0 Å². The first kappa shape index (κ1) is 12.0. The largest absolute Gasteiger partial charge is 0.276 e. The van der Waals surface area contributed by atoms with Crippen molar-refractivity contribution in [1.82, 2.24) is 4.98 Å². The summed E-state index contributed by atoms with van der Waals surface area (Å²) in [4.78, 5) is 4.45. The average Bonchev–Trinajstić information content (AvgIpc) is 2.82. The van der Waals surface area contributed by atoms with Gasteiger partial charge in [-0.25, -0.2) is 4.98 Å². The molecule has 1 N–H and O–H groups in total. The zero-order valence-electron chi connectivity index (χ0n) is 9.64. The van der Waals surface area contributed by atoms with Crippen LogP contribution in [0.1, 0.15) is 11.9 Å². The van der Waals surface area contributed by atoms with E-state index in [9.17, 15) is 0 Å². The zero-order chi connectivity index (χ0) is 13.0.